The molecule has 194 valence electrons. The van der Waals surface area contributed by atoms with Gasteiger partial charge in [0.15, 0.2) is 0 Å². The van der Waals surface area contributed by atoms with Crippen molar-refractivity contribution in [3.8, 4) is 11.5 Å². The van der Waals surface area contributed by atoms with Crippen molar-refractivity contribution >= 4 is 0 Å². The Kier molecular flexibility index (Phi) is 4.60. The summed E-state index contributed by atoms with van der Waals surface area (Å²) in [7, 11) is 0. The first-order valence-corrected chi connectivity index (χ1v) is 15.3. The topological polar surface area (TPSA) is 43.5 Å². The first kappa shape index (κ1) is 21.6. The van der Waals surface area contributed by atoms with Crippen LogP contribution in [0.5, 0.6) is 11.5 Å². The van der Waals surface area contributed by atoms with Gasteiger partial charge >= 0.3 is 0 Å². The van der Waals surface area contributed by atoms with Crippen LogP contribution in [0.2, 0.25) is 0 Å². The van der Waals surface area contributed by atoms with Gasteiger partial charge in [-0.05, 0) is 130 Å². The Bertz CT molecular complexity index is 982. The second kappa shape index (κ2) is 7.65. The fraction of sp³-hybridized carbons (Fsp3) is 0.812. The lowest BCUT2D eigenvalue weighted by molar-refractivity contribution is -0.0186. The Morgan fingerprint density at radius 3 is 1.53 bits per heavy atom. The lowest BCUT2D eigenvalue weighted by Gasteiger charge is -2.61. The molecule has 0 radical (unpaired) electrons. The Morgan fingerprint density at radius 1 is 0.611 bits per heavy atom. The minimum absolute atomic E-state index is 0.278. The molecule has 2 unspecified atom stereocenters. The van der Waals surface area contributed by atoms with E-state index >= 15 is 0 Å². The van der Waals surface area contributed by atoms with Gasteiger partial charge in [-0.15, -0.1) is 0 Å². The maximum atomic E-state index is 6.78. The zero-order valence-corrected chi connectivity index (χ0v) is 21.7. The molecule has 2 atom stereocenters. The molecular formula is C32H42O4. The van der Waals surface area contributed by atoms with E-state index in [4.69, 9.17) is 18.9 Å². The van der Waals surface area contributed by atoms with Gasteiger partial charge in [-0.25, -0.2) is 0 Å². The zero-order valence-electron chi connectivity index (χ0n) is 21.7. The smallest absolute Gasteiger partial charge is 0.127 e. The minimum atomic E-state index is 0.278. The largest absolute Gasteiger partial charge is 0.491 e. The van der Waals surface area contributed by atoms with Crippen LogP contribution in [0, 0.1) is 35.5 Å². The average molecular weight is 491 g/mol. The highest BCUT2D eigenvalue weighted by Crippen LogP contribution is 2.67. The highest BCUT2D eigenvalue weighted by atomic mass is 16.6. The maximum Gasteiger partial charge on any atom is 0.127 e. The highest BCUT2D eigenvalue weighted by molar-refractivity contribution is 5.55. The van der Waals surface area contributed by atoms with Crippen molar-refractivity contribution in [2.75, 3.05) is 26.4 Å². The van der Waals surface area contributed by atoms with Crippen LogP contribution >= 0.6 is 0 Å². The van der Waals surface area contributed by atoms with Crippen LogP contribution in [-0.2, 0) is 20.3 Å². The predicted molar refractivity (Wildman–Crippen MR) is 137 cm³/mol. The van der Waals surface area contributed by atoms with Crippen LogP contribution < -0.4 is 9.47 Å². The van der Waals surface area contributed by atoms with Crippen LogP contribution in [0.1, 0.15) is 88.2 Å². The molecule has 0 amide bonds. The van der Waals surface area contributed by atoms with Crippen molar-refractivity contribution in [2.45, 2.75) is 100 Å². The van der Waals surface area contributed by atoms with Crippen molar-refractivity contribution in [2.24, 2.45) is 35.5 Å². The third-order valence-corrected chi connectivity index (χ3v) is 11.9. The second-order valence-electron chi connectivity index (χ2n) is 14.8. The Morgan fingerprint density at radius 2 is 1.06 bits per heavy atom. The van der Waals surface area contributed by atoms with Gasteiger partial charge < -0.3 is 18.9 Å². The summed E-state index contributed by atoms with van der Waals surface area (Å²) in [5, 5.41) is 0. The summed E-state index contributed by atoms with van der Waals surface area (Å²) in [5.41, 5.74) is 3.99. The molecule has 11 rings (SSSR count). The van der Waals surface area contributed by atoms with E-state index in [1.807, 2.05) is 0 Å². The van der Waals surface area contributed by atoms with E-state index < -0.39 is 0 Å². The van der Waals surface area contributed by atoms with Crippen molar-refractivity contribution in [1.29, 1.82) is 0 Å². The normalized spacial score (nSPS) is 48.9. The molecule has 0 aromatic heterocycles. The molecule has 4 heteroatoms. The number of epoxide rings is 2. The minimum Gasteiger partial charge on any atom is -0.491 e. The quantitative estimate of drug-likeness (QED) is 0.408. The van der Waals surface area contributed by atoms with Gasteiger partial charge in [0, 0.05) is 17.0 Å². The Balaban J connectivity index is 1.20. The molecule has 10 aliphatic rings. The van der Waals surface area contributed by atoms with Crippen molar-refractivity contribution < 1.29 is 18.9 Å². The molecule has 2 heterocycles. The van der Waals surface area contributed by atoms with Gasteiger partial charge in [-0.2, -0.15) is 0 Å². The highest BCUT2D eigenvalue weighted by Gasteiger charge is 2.57. The lowest BCUT2D eigenvalue weighted by atomic mass is 9.44. The van der Waals surface area contributed by atoms with Crippen molar-refractivity contribution in [1.82, 2.24) is 0 Å². The van der Waals surface area contributed by atoms with E-state index in [-0.39, 0.29) is 12.2 Å². The molecule has 8 bridgehead atoms. The summed E-state index contributed by atoms with van der Waals surface area (Å²) in [5.74, 6) is 7.80. The molecule has 8 saturated carbocycles. The van der Waals surface area contributed by atoms with Crippen molar-refractivity contribution in [3.63, 3.8) is 0 Å². The zero-order chi connectivity index (χ0) is 23.5. The van der Waals surface area contributed by atoms with E-state index in [2.05, 4.69) is 12.1 Å². The standard InChI is InChI=1S/C32H42O4/c1-19-2-21-3-20(1)10-31(9-19,11-21)28-7-25(33-15-26-16-34-26)8-29(36-18-27-17-35-27)30(28)32-12-22-4-23(13-32)6-24(5-22)14-32/h7-8,19-24,26-27H,1-6,9-18H2. The van der Waals surface area contributed by atoms with Crippen LogP contribution in [-0.4, -0.2) is 38.6 Å². The molecule has 8 aliphatic carbocycles. The van der Waals surface area contributed by atoms with Gasteiger partial charge in [-0.3, -0.25) is 0 Å². The van der Waals surface area contributed by atoms with Crippen LogP contribution in [0.25, 0.3) is 0 Å². The summed E-state index contributed by atoms with van der Waals surface area (Å²) >= 11 is 0. The van der Waals surface area contributed by atoms with Crippen LogP contribution in [0.15, 0.2) is 12.1 Å². The third-order valence-electron chi connectivity index (χ3n) is 11.9. The number of ether oxygens (including phenoxy) is 4. The van der Waals surface area contributed by atoms with E-state index in [0.29, 0.717) is 24.0 Å². The first-order chi connectivity index (χ1) is 17.6. The summed E-state index contributed by atoms with van der Waals surface area (Å²) in [6, 6.07) is 4.81. The molecule has 0 spiro atoms. The van der Waals surface area contributed by atoms with Gasteiger partial charge in [0.05, 0.1) is 13.2 Å². The SMILES string of the molecule is c1c(OCC2CO2)cc(C23CC4CC(CC(C4)C2)C3)c(C23CC4CC(CC(C4)C2)C3)c1OCC1CO1. The number of hydrogen-bond donors (Lipinski definition) is 0. The molecule has 10 fully saturated rings. The second-order valence-corrected chi connectivity index (χ2v) is 14.8. The third kappa shape index (κ3) is 3.52. The summed E-state index contributed by atoms with van der Waals surface area (Å²) < 4.78 is 24.3. The first-order valence-electron chi connectivity index (χ1n) is 15.3. The molecule has 36 heavy (non-hydrogen) atoms. The van der Waals surface area contributed by atoms with Crippen molar-refractivity contribution in [3.05, 3.63) is 23.3 Å². The molecule has 2 aliphatic heterocycles. The molecule has 1 aromatic rings. The number of hydrogen-bond acceptors (Lipinski definition) is 4. The predicted octanol–water partition coefficient (Wildman–Crippen LogP) is 6.18. The Labute approximate surface area is 215 Å². The number of rotatable bonds is 8. The fourth-order valence-corrected chi connectivity index (χ4v) is 11.3. The van der Waals surface area contributed by atoms with Crippen LogP contribution in [0.3, 0.4) is 0 Å². The molecule has 1 aromatic carbocycles. The molecular weight excluding hydrogens is 448 g/mol. The fourth-order valence-electron chi connectivity index (χ4n) is 11.3. The number of benzene rings is 1. The van der Waals surface area contributed by atoms with E-state index in [1.165, 1.54) is 77.0 Å². The molecule has 4 nitrogen and oxygen atoms in total. The van der Waals surface area contributed by atoms with Gasteiger partial charge in [0.1, 0.15) is 36.9 Å². The van der Waals surface area contributed by atoms with Gasteiger partial charge in [0.2, 0.25) is 0 Å². The van der Waals surface area contributed by atoms with Gasteiger partial charge in [-0.1, -0.05) is 0 Å². The maximum absolute atomic E-state index is 6.78. The monoisotopic (exact) mass is 490 g/mol. The summed E-state index contributed by atoms with van der Waals surface area (Å²) in [6.07, 6.45) is 17.9. The van der Waals surface area contributed by atoms with E-state index in [1.54, 1.807) is 11.1 Å². The average Bonchev–Trinajstić information content (AvgIpc) is 3.75. The lowest BCUT2D eigenvalue weighted by Crippen LogP contribution is -2.52. The van der Waals surface area contributed by atoms with Crippen LogP contribution in [0.4, 0.5) is 0 Å². The summed E-state index contributed by atoms with van der Waals surface area (Å²) in [4.78, 5) is 0. The van der Waals surface area contributed by atoms with E-state index in [0.717, 1.165) is 60.2 Å². The molecule has 0 N–H and O–H groups in total. The van der Waals surface area contributed by atoms with Gasteiger partial charge in [0.25, 0.3) is 0 Å². The molecule has 2 saturated heterocycles. The summed E-state index contributed by atoms with van der Waals surface area (Å²) in [6.45, 7) is 3.05. The van der Waals surface area contributed by atoms with E-state index in [9.17, 15) is 0 Å². The Hall–Kier alpha value is -1.26.